The van der Waals surface area contributed by atoms with Crippen molar-refractivity contribution in [3.63, 3.8) is 0 Å². The maximum absolute atomic E-state index is 10.0. The van der Waals surface area contributed by atoms with E-state index in [9.17, 15) is 4.79 Å². The van der Waals surface area contributed by atoms with Crippen molar-refractivity contribution in [1.29, 1.82) is 0 Å². The first-order chi connectivity index (χ1) is 3.67. The van der Waals surface area contributed by atoms with Gasteiger partial charge < -0.3 is 0 Å². The molecule has 0 aromatic heterocycles. The first-order valence-corrected chi connectivity index (χ1v) is 6.55. The first-order valence-electron chi connectivity index (χ1n) is 2.60. The van der Waals surface area contributed by atoms with Crippen LogP contribution >= 0.6 is 6.83 Å². The standard InChI is InChI=1S/C5H13O3P/c1-9(2,3,4)8-5(6)7/h1-4H3,(H,6,7). The molecular weight excluding hydrogens is 139 g/mol. The van der Waals surface area contributed by atoms with Crippen molar-refractivity contribution in [2.45, 2.75) is 0 Å². The average molecular weight is 152 g/mol. The Morgan fingerprint density at radius 1 is 1.33 bits per heavy atom. The van der Waals surface area contributed by atoms with Crippen molar-refractivity contribution in [3.05, 3.63) is 0 Å². The van der Waals surface area contributed by atoms with Crippen LogP contribution in [-0.2, 0) is 4.52 Å². The first kappa shape index (κ1) is 8.70. The Bertz CT molecular complexity index is 124. The van der Waals surface area contributed by atoms with Crippen LogP contribution in [0.3, 0.4) is 0 Å². The average Bonchev–Trinajstić information content (AvgIpc) is 1.16. The predicted octanol–water partition coefficient (Wildman–Crippen LogP) is 1.67. The summed E-state index contributed by atoms with van der Waals surface area (Å²) < 4.78 is 4.67. The van der Waals surface area contributed by atoms with Gasteiger partial charge in [0.2, 0.25) is 0 Å². The van der Waals surface area contributed by atoms with E-state index in [1.807, 2.05) is 26.7 Å². The van der Waals surface area contributed by atoms with Crippen LogP contribution in [0, 0.1) is 0 Å². The minimum absolute atomic E-state index is 1.18. The van der Waals surface area contributed by atoms with E-state index in [1.165, 1.54) is 0 Å². The summed E-state index contributed by atoms with van der Waals surface area (Å²) in [7, 11) is 0. The van der Waals surface area contributed by atoms with Gasteiger partial charge in [-0.3, -0.25) is 0 Å². The van der Waals surface area contributed by atoms with Gasteiger partial charge in [0.25, 0.3) is 0 Å². The molecule has 0 atom stereocenters. The number of rotatable bonds is 1. The van der Waals surface area contributed by atoms with E-state index in [1.54, 1.807) is 0 Å². The quantitative estimate of drug-likeness (QED) is 0.581. The number of hydrogen-bond donors (Lipinski definition) is 1. The van der Waals surface area contributed by atoms with Gasteiger partial charge in [-0.25, -0.2) is 0 Å². The molecule has 0 saturated heterocycles. The summed E-state index contributed by atoms with van der Waals surface area (Å²) in [5.41, 5.74) is 0. The normalized spacial score (nSPS) is 15.8. The molecule has 0 bridgehead atoms. The van der Waals surface area contributed by atoms with Crippen LogP contribution in [0.4, 0.5) is 4.79 Å². The van der Waals surface area contributed by atoms with Gasteiger partial charge in [-0.05, 0) is 0 Å². The van der Waals surface area contributed by atoms with Gasteiger partial charge in [0.15, 0.2) is 0 Å². The Balaban J connectivity index is 4.05. The number of carbonyl (C=O) groups is 1. The van der Waals surface area contributed by atoms with Gasteiger partial charge in [0.05, 0.1) is 0 Å². The Hall–Kier alpha value is -0.300. The second-order valence-corrected chi connectivity index (χ2v) is 10.8. The van der Waals surface area contributed by atoms with Gasteiger partial charge in [-0.15, -0.1) is 0 Å². The molecule has 0 saturated carbocycles. The molecule has 3 nitrogen and oxygen atoms in total. The summed E-state index contributed by atoms with van der Waals surface area (Å²) >= 11 is 0. The maximum atomic E-state index is 10.0. The van der Waals surface area contributed by atoms with Crippen LogP contribution in [-0.4, -0.2) is 37.9 Å². The molecule has 1 N–H and O–H groups in total. The van der Waals surface area contributed by atoms with Crippen molar-refractivity contribution in [3.8, 4) is 0 Å². The molecule has 0 aromatic rings. The molecule has 0 aliphatic rings. The Kier molecular flexibility index (Phi) is 1.78. The predicted molar refractivity (Wildman–Crippen MR) is 39.7 cm³/mol. The van der Waals surface area contributed by atoms with Crippen LogP contribution in [0.2, 0.25) is 0 Å². The zero-order chi connectivity index (χ0) is 7.73. The molecule has 9 heavy (non-hydrogen) atoms. The third kappa shape index (κ3) is 7.70. The molecule has 4 heteroatoms. The summed E-state index contributed by atoms with van der Waals surface area (Å²) in [6.45, 7) is 5.06. The van der Waals surface area contributed by atoms with Crippen molar-refractivity contribution in [1.82, 2.24) is 0 Å². The molecule has 0 heterocycles. The molecule has 0 unspecified atom stereocenters. The van der Waals surface area contributed by atoms with Gasteiger partial charge in [-0.2, -0.15) is 0 Å². The van der Waals surface area contributed by atoms with E-state index in [0.717, 1.165) is 0 Å². The van der Waals surface area contributed by atoms with Crippen LogP contribution in [0.15, 0.2) is 0 Å². The van der Waals surface area contributed by atoms with Crippen molar-refractivity contribution in [2.24, 2.45) is 0 Å². The van der Waals surface area contributed by atoms with Crippen LogP contribution in [0.5, 0.6) is 0 Å². The third-order valence-corrected chi connectivity index (χ3v) is 1.33. The Morgan fingerprint density at radius 2 is 1.67 bits per heavy atom. The van der Waals surface area contributed by atoms with E-state index < -0.39 is 13.0 Å². The summed E-state index contributed by atoms with van der Waals surface area (Å²) in [4.78, 5) is 10.0. The summed E-state index contributed by atoms with van der Waals surface area (Å²) in [5, 5.41) is 8.22. The molecule has 0 aromatic carbocycles. The SMILES string of the molecule is CP(C)(C)(C)OC(=O)O. The zero-order valence-electron chi connectivity index (χ0n) is 6.21. The summed E-state index contributed by atoms with van der Waals surface area (Å²) in [5.74, 6) is 0. The molecule has 0 amide bonds. The molecule has 0 rings (SSSR count). The fraction of sp³-hybridized carbons (Fsp3) is 0.800. The summed E-state index contributed by atoms with van der Waals surface area (Å²) in [6.07, 6.45) is -1.18. The van der Waals surface area contributed by atoms with Crippen molar-refractivity contribution >= 4 is 13.0 Å². The molecule has 0 radical (unpaired) electrons. The van der Waals surface area contributed by atoms with Gasteiger partial charge in [-0.1, -0.05) is 0 Å². The monoisotopic (exact) mass is 152 g/mol. The van der Waals surface area contributed by atoms with E-state index in [4.69, 9.17) is 5.11 Å². The van der Waals surface area contributed by atoms with Crippen molar-refractivity contribution < 1.29 is 14.4 Å². The van der Waals surface area contributed by atoms with E-state index in [0.29, 0.717) is 0 Å². The Morgan fingerprint density at radius 3 is 1.67 bits per heavy atom. The second-order valence-electron chi connectivity index (χ2n) is 3.77. The summed E-state index contributed by atoms with van der Waals surface area (Å²) in [6, 6.07) is 0. The van der Waals surface area contributed by atoms with Crippen molar-refractivity contribution in [2.75, 3.05) is 26.7 Å². The molecular formula is C5H13O3P. The van der Waals surface area contributed by atoms with Gasteiger partial charge >= 0.3 is 54.1 Å². The van der Waals surface area contributed by atoms with E-state index in [2.05, 4.69) is 4.52 Å². The van der Waals surface area contributed by atoms with Crippen LogP contribution in [0.25, 0.3) is 0 Å². The second kappa shape index (κ2) is 1.84. The molecule has 0 aliphatic carbocycles. The molecule has 56 valence electrons. The topological polar surface area (TPSA) is 46.5 Å². The molecule has 0 aliphatic heterocycles. The fourth-order valence-corrected chi connectivity index (χ4v) is 0.937. The molecule has 0 fully saturated rings. The van der Waals surface area contributed by atoms with Crippen LogP contribution in [0.1, 0.15) is 0 Å². The van der Waals surface area contributed by atoms with E-state index in [-0.39, 0.29) is 0 Å². The van der Waals surface area contributed by atoms with Gasteiger partial charge in [0.1, 0.15) is 0 Å². The van der Waals surface area contributed by atoms with Crippen LogP contribution < -0.4 is 0 Å². The third-order valence-electron chi connectivity index (χ3n) is 0.443. The minimum atomic E-state index is -2.27. The fourth-order valence-electron chi connectivity index (χ4n) is 0.312. The number of hydrogen-bond acceptors (Lipinski definition) is 2. The Labute approximate surface area is 55.0 Å². The van der Waals surface area contributed by atoms with E-state index >= 15 is 0 Å². The zero-order valence-corrected chi connectivity index (χ0v) is 7.11. The number of carboxylic acid groups (broad SMARTS) is 1. The molecule has 0 spiro atoms. The van der Waals surface area contributed by atoms with Gasteiger partial charge in [0, 0.05) is 0 Å².